The van der Waals surface area contributed by atoms with Gasteiger partial charge < -0.3 is 9.47 Å². The minimum Gasteiger partial charge on any atom is -0.466 e. The van der Waals surface area contributed by atoms with E-state index in [9.17, 15) is 9.59 Å². The summed E-state index contributed by atoms with van der Waals surface area (Å²) in [7, 11) is 0. The number of thiol groups is 2. The molecule has 0 aromatic heterocycles. The van der Waals surface area contributed by atoms with Gasteiger partial charge in [0, 0.05) is 0 Å². The molecular weight excluding hydrogens is 368 g/mol. The monoisotopic (exact) mass is 406 g/mol. The first-order valence-electron chi connectivity index (χ1n) is 10.2. The molecule has 0 radical (unpaired) electrons. The van der Waals surface area contributed by atoms with Gasteiger partial charge in [-0.2, -0.15) is 0 Å². The average molecular weight is 407 g/mol. The number of rotatable bonds is 17. The normalized spacial score (nSPS) is 11.4. The first-order valence-corrected chi connectivity index (χ1v) is 11.1. The topological polar surface area (TPSA) is 52.6 Å². The molecule has 154 valence electrons. The Kier molecular flexibility index (Phi) is 16.6. The zero-order valence-electron chi connectivity index (χ0n) is 16.6. The highest BCUT2D eigenvalue weighted by Gasteiger charge is 2.35. The molecular formula is C20H38O4S2. The van der Waals surface area contributed by atoms with E-state index in [-0.39, 0.29) is 6.42 Å². The van der Waals surface area contributed by atoms with Gasteiger partial charge in [-0.05, 0) is 12.8 Å². The lowest BCUT2D eigenvalue weighted by atomic mass is 10.1. The summed E-state index contributed by atoms with van der Waals surface area (Å²) >= 11 is 8.37. The van der Waals surface area contributed by atoms with Crippen molar-refractivity contribution in [2.75, 3.05) is 13.2 Å². The highest BCUT2D eigenvalue weighted by Crippen LogP contribution is 2.26. The zero-order chi connectivity index (χ0) is 19.7. The molecule has 0 rings (SSSR count). The highest BCUT2D eigenvalue weighted by atomic mass is 32.2. The Morgan fingerprint density at radius 1 is 0.692 bits per heavy atom. The molecule has 0 amide bonds. The van der Waals surface area contributed by atoms with Gasteiger partial charge in [0.15, 0.2) is 4.08 Å². The van der Waals surface area contributed by atoms with E-state index in [4.69, 9.17) is 9.47 Å². The third-order valence-corrected chi connectivity index (χ3v) is 4.89. The molecule has 0 aromatic carbocycles. The van der Waals surface area contributed by atoms with Crippen LogP contribution in [0.1, 0.15) is 97.3 Å². The number of ether oxygens (including phenoxy) is 2. The van der Waals surface area contributed by atoms with Crippen molar-refractivity contribution in [1.82, 2.24) is 0 Å². The second-order valence-electron chi connectivity index (χ2n) is 6.89. The Morgan fingerprint density at radius 2 is 1.12 bits per heavy atom. The number of carbonyl (C=O) groups excluding carboxylic acids is 2. The first kappa shape index (κ1) is 25.6. The molecule has 6 heteroatoms. The fraction of sp³-hybridized carbons (Fsp3) is 0.900. The van der Waals surface area contributed by atoms with E-state index in [0.717, 1.165) is 32.1 Å². The summed E-state index contributed by atoms with van der Waals surface area (Å²) in [4.78, 5) is 23.9. The number of esters is 2. The van der Waals surface area contributed by atoms with Crippen LogP contribution in [0.4, 0.5) is 0 Å². The lowest BCUT2D eigenvalue weighted by Crippen LogP contribution is -2.32. The largest absolute Gasteiger partial charge is 0.466 e. The third kappa shape index (κ3) is 14.8. The number of hydrogen-bond donors (Lipinski definition) is 2. The van der Waals surface area contributed by atoms with Gasteiger partial charge in [-0.15, -0.1) is 25.3 Å². The predicted molar refractivity (Wildman–Crippen MR) is 114 cm³/mol. The van der Waals surface area contributed by atoms with Gasteiger partial charge >= 0.3 is 11.9 Å². The van der Waals surface area contributed by atoms with Gasteiger partial charge in [0.2, 0.25) is 0 Å². The molecule has 0 unspecified atom stereocenters. The van der Waals surface area contributed by atoms with Gasteiger partial charge in [-0.1, -0.05) is 78.1 Å². The van der Waals surface area contributed by atoms with Crippen LogP contribution in [-0.2, 0) is 19.1 Å². The lowest BCUT2D eigenvalue weighted by Gasteiger charge is -2.19. The Morgan fingerprint density at radius 3 is 1.62 bits per heavy atom. The third-order valence-electron chi connectivity index (χ3n) is 4.21. The molecule has 4 nitrogen and oxygen atoms in total. The SMILES string of the molecule is CCCCCCCCOC(=O)CC(S)(S)C(=O)OCCCCCCCC. The number of carbonyl (C=O) groups is 2. The minimum absolute atomic E-state index is 0.190. The molecule has 0 spiro atoms. The van der Waals surface area contributed by atoms with Crippen molar-refractivity contribution in [2.24, 2.45) is 0 Å². The summed E-state index contributed by atoms with van der Waals surface area (Å²) in [6, 6.07) is 0. The molecule has 0 aliphatic heterocycles. The van der Waals surface area contributed by atoms with Crippen LogP contribution < -0.4 is 0 Å². The molecule has 0 aliphatic rings. The average Bonchev–Trinajstić information content (AvgIpc) is 2.59. The van der Waals surface area contributed by atoms with E-state index < -0.39 is 16.0 Å². The van der Waals surface area contributed by atoms with Crippen LogP contribution in [0, 0.1) is 0 Å². The van der Waals surface area contributed by atoms with Crippen molar-refractivity contribution in [2.45, 2.75) is 101 Å². The summed E-state index contributed by atoms with van der Waals surface area (Å²) in [5, 5.41) is 0. The van der Waals surface area contributed by atoms with Crippen LogP contribution in [-0.4, -0.2) is 29.2 Å². The number of hydrogen-bond acceptors (Lipinski definition) is 6. The maximum absolute atomic E-state index is 12.0. The molecule has 26 heavy (non-hydrogen) atoms. The number of unbranched alkanes of at least 4 members (excludes halogenated alkanes) is 10. The molecule has 0 saturated heterocycles. The van der Waals surface area contributed by atoms with Crippen LogP contribution in [0.25, 0.3) is 0 Å². The fourth-order valence-corrected chi connectivity index (χ4v) is 2.94. The molecule has 0 bridgehead atoms. The smallest absolute Gasteiger partial charge is 0.332 e. The van der Waals surface area contributed by atoms with E-state index in [2.05, 4.69) is 39.1 Å². The van der Waals surface area contributed by atoms with Crippen molar-refractivity contribution in [3.63, 3.8) is 0 Å². The zero-order valence-corrected chi connectivity index (χ0v) is 18.4. The lowest BCUT2D eigenvalue weighted by molar-refractivity contribution is -0.150. The Labute approximate surface area is 171 Å². The van der Waals surface area contributed by atoms with Crippen molar-refractivity contribution in [3.05, 3.63) is 0 Å². The Bertz CT molecular complexity index is 373. The van der Waals surface area contributed by atoms with Crippen LogP contribution in [0.3, 0.4) is 0 Å². The van der Waals surface area contributed by atoms with Crippen molar-refractivity contribution < 1.29 is 19.1 Å². The van der Waals surface area contributed by atoms with Gasteiger partial charge in [-0.3, -0.25) is 4.79 Å². The fourth-order valence-electron chi connectivity index (χ4n) is 2.56. The molecule has 0 heterocycles. The van der Waals surface area contributed by atoms with E-state index in [0.29, 0.717) is 13.2 Å². The van der Waals surface area contributed by atoms with E-state index >= 15 is 0 Å². The summed E-state index contributed by atoms with van der Waals surface area (Å²) < 4.78 is 8.94. The van der Waals surface area contributed by atoms with Crippen LogP contribution in [0.15, 0.2) is 0 Å². The maximum Gasteiger partial charge on any atom is 0.332 e. The summed E-state index contributed by atoms with van der Waals surface area (Å²) in [5.74, 6) is -1.03. The molecule has 0 saturated carbocycles. The second kappa shape index (κ2) is 16.8. The first-order chi connectivity index (χ1) is 12.4. The van der Waals surface area contributed by atoms with Crippen LogP contribution in [0.2, 0.25) is 0 Å². The molecule has 0 atom stereocenters. The Hall–Kier alpha value is -0.360. The van der Waals surface area contributed by atoms with Crippen LogP contribution in [0.5, 0.6) is 0 Å². The second-order valence-corrected chi connectivity index (χ2v) is 8.76. The molecule has 0 aliphatic carbocycles. The Balaban J connectivity index is 3.78. The van der Waals surface area contributed by atoms with Gasteiger partial charge in [0.25, 0.3) is 0 Å². The summed E-state index contributed by atoms with van der Waals surface area (Å²) in [6.45, 7) is 5.09. The van der Waals surface area contributed by atoms with Crippen molar-refractivity contribution in [1.29, 1.82) is 0 Å². The maximum atomic E-state index is 12.0. The highest BCUT2D eigenvalue weighted by molar-refractivity contribution is 8.02. The standard InChI is InChI=1S/C20H38O4S2/c1-3-5-7-9-11-13-15-23-18(21)17-20(25,26)19(22)24-16-14-12-10-8-6-4-2/h25-26H,3-17H2,1-2H3. The molecule has 0 fully saturated rings. The van der Waals surface area contributed by atoms with Gasteiger partial charge in [0.05, 0.1) is 19.6 Å². The van der Waals surface area contributed by atoms with Gasteiger partial charge in [-0.25, -0.2) is 4.79 Å². The molecule has 0 aromatic rings. The quantitative estimate of drug-likeness (QED) is 0.140. The van der Waals surface area contributed by atoms with Crippen molar-refractivity contribution >= 4 is 37.2 Å². The minimum atomic E-state index is -1.43. The molecule has 0 N–H and O–H groups in total. The summed E-state index contributed by atoms with van der Waals surface area (Å²) in [5.41, 5.74) is 0. The van der Waals surface area contributed by atoms with Crippen molar-refractivity contribution in [3.8, 4) is 0 Å². The van der Waals surface area contributed by atoms with Crippen LogP contribution >= 0.6 is 25.3 Å². The summed E-state index contributed by atoms with van der Waals surface area (Å²) in [6.07, 6.45) is 13.3. The van der Waals surface area contributed by atoms with E-state index in [1.54, 1.807) is 0 Å². The van der Waals surface area contributed by atoms with Gasteiger partial charge in [0.1, 0.15) is 0 Å². The predicted octanol–water partition coefficient (Wildman–Crippen LogP) is 5.74. The van der Waals surface area contributed by atoms with E-state index in [1.807, 2.05) is 0 Å². The van der Waals surface area contributed by atoms with E-state index in [1.165, 1.54) is 44.9 Å².